The van der Waals surface area contributed by atoms with Crippen LogP contribution >= 0.6 is 15.9 Å². The lowest BCUT2D eigenvalue weighted by Crippen LogP contribution is -2.49. The molecule has 4 nitrogen and oxygen atoms in total. The van der Waals surface area contributed by atoms with E-state index in [2.05, 4.69) is 21.2 Å². The van der Waals surface area contributed by atoms with E-state index in [4.69, 9.17) is 0 Å². The summed E-state index contributed by atoms with van der Waals surface area (Å²) in [6.07, 6.45) is 1.01. The molecular formula is C16H19BrNO3-. The summed E-state index contributed by atoms with van der Waals surface area (Å²) in [6, 6.07) is 7.31. The lowest BCUT2D eigenvalue weighted by molar-refractivity contribution is -0.323. The summed E-state index contributed by atoms with van der Waals surface area (Å²) in [6.45, 7) is 5.35. The molecule has 0 saturated heterocycles. The second-order valence-electron chi connectivity index (χ2n) is 6.43. The Morgan fingerprint density at radius 1 is 1.24 bits per heavy atom. The number of carbonyl (C=O) groups excluding carboxylic acids is 2. The van der Waals surface area contributed by atoms with E-state index in [-0.39, 0.29) is 11.8 Å². The molecule has 0 heterocycles. The van der Waals surface area contributed by atoms with Gasteiger partial charge in [0.25, 0.3) is 0 Å². The van der Waals surface area contributed by atoms with Crippen LogP contribution in [-0.2, 0) is 9.59 Å². The van der Waals surface area contributed by atoms with E-state index < -0.39 is 16.8 Å². The Labute approximate surface area is 133 Å². The average molecular weight is 353 g/mol. The lowest BCUT2D eigenvalue weighted by Gasteiger charge is -2.41. The Bertz CT molecular complexity index is 567. The Balaban J connectivity index is 2.17. The van der Waals surface area contributed by atoms with E-state index in [0.29, 0.717) is 18.5 Å². The van der Waals surface area contributed by atoms with E-state index in [1.807, 2.05) is 38.1 Å². The second-order valence-corrected chi connectivity index (χ2v) is 7.34. The van der Waals surface area contributed by atoms with Crippen molar-refractivity contribution in [2.45, 2.75) is 33.6 Å². The average Bonchev–Trinajstić information content (AvgIpc) is 2.64. The number of carboxylic acids is 1. The van der Waals surface area contributed by atoms with Crippen LogP contribution in [0, 0.1) is 16.7 Å². The topological polar surface area (TPSA) is 69.2 Å². The summed E-state index contributed by atoms with van der Waals surface area (Å²) in [5.41, 5.74) is -0.916. The Kier molecular flexibility index (Phi) is 4.15. The van der Waals surface area contributed by atoms with Gasteiger partial charge in [-0.25, -0.2) is 0 Å². The maximum absolute atomic E-state index is 12.5. The van der Waals surface area contributed by atoms with Gasteiger partial charge in [0.05, 0.1) is 0 Å². The number of benzene rings is 1. The minimum absolute atomic E-state index is 0.132. The van der Waals surface area contributed by atoms with Gasteiger partial charge in [-0.15, -0.1) is 0 Å². The first-order valence-corrected chi connectivity index (χ1v) is 7.75. The molecule has 0 aliphatic heterocycles. The number of nitrogens with one attached hydrogen (secondary N) is 1. The van der Waals surface area contributed by atoms with Gasteiger partial charge in [-0.1, -0.05) is 36.7 Å². The number of anilines is 1. The van der Waals surface area contributed by atoms with Crippen molar-refractivity contribution in [1.29, 1.82) is 0 Å². The molecule has 114 valence electrons. The highest BCUT2D eigenvalue weighted by Crippen LogP contribution is 2.55. The molecule has 0 radical (unpaired) electrons. The first-order valence-electron chi connectivity index (χ1n) is 6.96. The van der Waals surface area contributed by atoms with Crippen LogP contribution in [0.5, 0.6) is 0 Å². The van der Waals surface area contributed by atoms with Crippen molar-refractivity contribution in [3.63, 3.8) is 0 Å². The number of amides is 1. The van der Waals surface area contributed by atoms with Crippen molar-refractivity contribution in [1.82, 2.24) is 0 Å². The van der Waals surface area contributed by atoms with Gasteiger partial charge in [-0.2, -0.15) is 0 Å². The third kappa shape index (κ3) is 2.71. The molecule has 21 heavy (non-hydrogen) atoms. The zero-order valence-corrected chi connectivity index (χ0v) is 14.0. The van der Waals surface area contributed by atoms with Crippen LogP contribution in [0.4, 0.5) is 5.69 Å². The molecule has 1 aliphatic rings. The first kappa shape index (κ1) is 16.0. The highest BCUT2D eigenvalue weighted by atomic mass is 79.9. The standard InChI is InChI=1S/C16H20BrNO3/c1-15(2)12(8-9-16(15,3)14(20)21)13(19)18-11-6-4-10(17)5-7-11/h4-7,12H,8-9H2,1-3H3,(H,18,19)(H,20,21)/p-1/t12-,16-/m0/s1. The Morgan fingerprint density at radius 2 is 1.81 bits per heavy atom. The molecule has 0 spiro atoms. The highest BCUT2D eigenvalue weighted by Gasteiger charge is 2.54. The van der Waals surface area contributed by atoms with Crippen molar-refractivity contribution < 1.29 is 14.7 Å². The van der Waals surface area contributed by atoms with Crippen LogP contribution in [-0.4, -0.2) is 11.9 Å². The number of carboxylic acid groups (broad SMARTS) is 1. The SMILES string of the molecule is CC1(C)[C@H](C(=O)Nc2ccc(Br)cc2)CC[C@@]1(C)C(=O)[O-]. The molecule has 0 bridgehead atoms. The molecular weight excluding hydrogens is 334 g/mol. The van der Waals surface area contributed by atoms with Gasteiger partial charge in [-0.05, 0) is 42.5 Å². The normalized spacial score (nSPS) is 27.3. The Morgan fingerprint density at radius 3 is 2.29 bits per heavy atom. The molecule has 2 atom stereocenters. The summed E-state index contributed by atoms with van der Waals surface area (Å²) >= 11 is 3.34. The van der Waals surface area contributed by atoms with Gasteiger partial charge in [0, 0.05) is 27.5 Å². The summed E-state index contributed by atoms with van der Waals surface area (Å²) < 4.78 is 0.936. The third-order valence-electron chi connectivity index (χ3n) is 5.11. The van der Waals surface area contributed by atoms with Crippen molar-refractivity contribution in [3.05, 3.63) is 28.7 Å². The third-order valence-corrected chi connectivity index (χ3v) is 5.63. The van der Waals surface area contributed by atoms with Crippen molar-refractivity contribution in [2.24, 2.45) is 16.7 Å². The molecule has 5 heteroatoms. The van der Waals surface area contributed by atoms with Crippen LogP contribution in [0.2, 0.25) is 0 Å². The molecule has 1 aliphatic carbocycles. The number of rotatable bonds is 3. The molecule has 1 N–H and O–H groups in total. The highest BCUT2D eigenvalue weighted by molar-refractivity contribution is 9.10. The van der Waals surface area contributed by atoms with Crippen LogP contribution in [0.3, 0.4) is 0 Å². The number of hydrogen-bond donors (Lipinski definition) is 1. The van der Waals surface area contributed by atoms with Gasteiger partial charge in [0.1, 0.15) is 0 Å². The number of hydrogen-bond acceptors (Lipinski definition) is 3. The second kappa shape index (κ2) is 5.44. The quantitative estimate of drug-likeness (QED) is 0.908. The zero-order chi connectivity index (χ0) is 15.8. The first-order chi connectivity index (χ1) is 9.68. The van der Waals surface area contributed by atoms with E-state index in [1.165, 1.54) is 0 Å². The number of halogens is 1. The summed E-state index contributed by atoms with van der Waals surface area (Å²) in [5.74, 6) is -1.55. The van der Waals surface area contributed by atoms with E-state index in [9.17, 15) is 14.7 Å². The fourth-order valence-corrected chi connectivity index (χ4v) is 3.35. The zero-order valence-electron chi connectivity index (χ0n) is 12.4. The molecule has 0 aromatic heterocycles. The van der Waals surface area contributed by atoms with E-state index in [1.54, 1.807) is 6.92 Å². The van der Waals surface area contributed by atoms with Gasteiger partial charge >= 0.3 is 0 Å². The minimum Gasteiger partial charge on any atom is -0.550 e. The molecule has 1 fully saturated rings. The summed E-state index contributed by atoms with van der Waals surface area (Å²) in [7, 11) is 0. The van der Waals surface area contributed by atoms with Crippen LogP contribution in [0.15, 0.2) is 28.7 Å². The Hall–Kier alpha value is -1.36. The predicted molar refractivity (Wildman–Crippen MR) is 82.4 cm³/mol. The van der Waals surface area contributed by atoms with Gasteiger partial charge in [0.2, 0.25) is 5.91 Å². The molecule has 1 amide bonds. The summed E-state index contributed by atoms with van der Waals surface area (Å²) in [4.78, 5) is 23.9. The molecule has 1 saturated carbocycles. The maximum Gasteiger partial charge on any atom is 0.228 e. The van der Waals surface area contributed by atoms with Crippen molar-refractivity contribution in [2.75, 3.05) is 5.32 Å². The van der Waals surface area contributed by atoms with Gasteiger partial charge in [0.15, 0.2) is 0 Å². The van der Waals surface area contributed by atoms with Crippen molar-refractivity contribution in [3.8, 4) is 0 Å². The molecule has 0 unspecified atom stereocenters. The smallest absolute Gasteiger partial charge is 0.228 e. The monoisotopic (exact) mass is 352 g/mol. The lowest BCUT2D eigenvalue weighted by atomic mass is 9.65. The van der Waals surface area contributed by atoms with E-state index in [0.717, 1.165) is 4.47 Å². The molecule has 2 rings (SSSR count). The maximum atomic E-state index is 12.5. The molecule has 1 aromatic carbocycles. The minimum atomic E-state index is -1.08. The van der Waals surface area contributed by atoms with Crippen molar-refractivity contribution >= 4 is 33.5 Å². The largest absolute Gasteiger partial charge is 0.550 e. The number of carbonyl (C=O) groups is 2. The fraction of sp³-hybridized carbons (Fsp3) is 0.500. The predicted octanol–water partition coefficient (Wildman–Crippen LogP) is 2.58. The molecule has 1 aromatic rings. The fourth-order valence-electron chi connectivity index (χ4n) is 3.09. The summed E-state index contributed by atoms with van der Waals surface area (Å²) in [5, 5.41) is 14.3. The van der Waals surface area contributed by atoms with Gasteiger partial charge < -0.3 is 15.2 Å². The van der Waals surface area contributed by atoms with Gasteiger partial charge in [-0.3, -0.25) is 4.79 Å². The van der Waals surface area contributed by atoms with Crippen LogP contribution in [0.1, 0.15) is 33.6 Å². The van der Waals surface area contributed by atoms with E-state index >= 15 is 0 Å². The number of aliphatic carboxylic acids is 1. The van der Waals surface area contributed by atoms with Crippen LogP contribution < -0.4 is 10.4 Å². The van der Waals surface area contributed by atoms with Crippen LogP contribution in [0.25, 0.3) is 0 Å².